The fourth-order valence-corrected chi connectivity index (χ4v) is 1.85. The van der Waals surface area contributed by atoms with Crippen LogP contribution >= 0.6 is 27.7 Å². The molecule has 1 rings (SSSR count). The van der Waals surface area contributed by atoms with E-state index in [1.807, 2.05) is 0 Å². The molecule has 0 bridgehead atoms. The third-order valence-corrected chi connectivity index (χ3v) is 3.25. The number of aromatic carboxylic acids is 1. The van der Waals surface area contributed by atoms with Gasteiger partial charge in [0.1, 0.15) is 0 Å². The number of carbonyl (C=O) groups is 1. The number of rotatable bonds is 4. The molecule has 0 unspecified atom stereocenters. The van der Waals surface area contributed by atoms with E-state index in [9.17, 15) is 4.79 Å². The molecule has 0 aliphatic carbocycles. The molecule has 1 aromatic carbocycles. The summed E-state index contributed by atoms with van der Waals surface area (Å²) < 4.78 is 0.921. The van der Waals surface area contributed by atoms with Gasteiger partial charge in [0.2, 0.25) is 0 Å². The molecule has 4 heteroatoms. The van der Waals surface area contributed by atoms with Crippen LogP contribution in [0.4, 0.5) is 0 Å². The van der Waals surface area contributed by atoms with E-state index < -0.39 is 5.97 Å². The van der Waals surface area contributed by atoms with Crippen molar-refractivity contribution in [2.75, 3.05) is 5.75 Å². The Morgan fingerprint density at radius 2 is 2.00 bits per heavy atom. The first kappa shape index (κ1) is 11.3. The van der Waals surface area contributed by atoms with Crippen molar-refractivity contribution >= 4 is 33.7 Å². The Balaban J connectivity index is 2.64. The van der Waals surface area contributed by atoms with Crippen LogP contribution in [0.25, 0.3) is 0 Å². The molecule has 0 heterocycles. The van der Waals surface area contributed by atoms with E-state index in [0.717, 1.165) is 15.1 Å². The summed E-state index contributed by atoms with van der Waals surface area (Å²) in [5, 5.41) is 8.67. The number of carboxylic acid groups (broad SMARTS) is 1. The molecule has 1 N–H and O–H groups in total. The fraction of sp³-hybridized carbons (Fsp3) is 0.100. The van der Waals surface area contributed by atoms with Gasteiger partial charge in [0.25, 0.3) is 0 Å². The Kier molecular flexibility index (Phi) is 4.22. The van der Waals surface area contributed by atoms with Gasteiger partial charge in [0, 0.05) is 10.6 Å². The van der Waals surface area contributed by atoms with E-state index in [1.165, 1.54) is 0 Å². The van der Waals surface area contributed by atoms with Crippen LogP contribution in [-0.2, 0) is 0 Å². The number of carboxylic acids is 1. The number of hydrogen-bond donors (Lipinski definition) is 1. The quantitative estimate of drug-likeness (QED) is 0.854. The van der Waals surface area contributed by atoms with Gasteiger partial charge in [-0.3, -0.25) is 0 Å². The van der Waals surface area contributed by atoms with Gasteiger partial charge in [0.15, 0.2) is 0 Å². The van der Waals surface area contributed by atoms with Crippen molar-refractivity contribution < 1.29 is 9.90 Å². The van der Waals surface area contributed by atoms with Crippen LogP contribution in [-0.4, -0.2) is 16.8 Å². The summed E-state index contributed by atoms with van der Waals surface area (Å²) in [6.07, 6.45) is 0. The van der Waals surface area contributed by atoms with E-state index in [2.05, 4.69) is 22.5 Å². The Morgan fingerprint density at radius 1 is 1.43 bits per heavy atom. The highest BCUT2D eigenvalue weighted by atomic mass is 79.9. The SMILES string of the molecule is C=C(Br)CSc1ccc(C(=O)O)cc1. The summed E-state index contributed by atoms with van der Waals surface area (Å²) in [6.45, 7) is 3.72. The topological polar surface area (TPSA) is 37.3 Å². The monoisotopic (exact) mass is 272 g/mol. The average Bonchev–Trinajstić information content (AvgIpc) is 2.15. The summed E-state index contributed by atoms with van der Waals surface area (Å²) in [7, 11) is 0. The van der Waals surface area contributed by atoms with Crippen LogP contribution in [0.1, 0.15) is 10.4 Å². The average molecular weight is 273 g/mol. The molecule has 0 aliphatic heterocycles. The predicted molar refractivity (Wildman–Crippen MR) is 62.2 cm³/mol. The molecule has 0 aromatic heterocycles. The standard InChI is InChI=1S/C10H9BrO2S/c1-7(11)6-14-9-4-2-8(3-5-9)10(12)13/h2-5H,1,6H2,(H,12,13). The van der Waals surface area contributed by atoms with Gasteiger partial charge >= 0.3 is 5.97 Å². The molecule has 0 amide bonds. The number of thioether (sulfide) groups is 1. The van der Waals surface area contributed by atoms with E-state index in [4.69, 9.17) is 5.11 Å². The van der Waals surface area contributed by atoms with Crippen LogP contribution in [0.2, 0.25) is 0 Å². The Labute approximate surface area is 95.1 Å². The van der Waals surface area contributed by atoms with Crippen LogP contribution in [0.3, 0.4) is 0 Å². The first-order valence-electron chi connectivity index (χ1n) is 3.89. The van der Waals surface area contributed by atoms with Crippen LogP contribution in [0, 0.1) is 0 Å². The molecule has 2 nitrogen and oxygen atoms in total. The number of hydrogen-bond acceptors (Lipinski definition) is 2. The second-order valence-electron chi connectivity index (χ2n) is 2.64. The number of benzene rings is 1. The van der Waals surface area contributed by atoms with Crippen molar-refractivity contribution in [3.63, 3.8) is 0 Å². The van der Waals surface area contributed by atoms with Crippen molar-refractivity contribution in [2.24, 2.45) is 0 Å². The minimum absolute atomic E-state index is 0.312. The lowest BCUT2D eigenvalue weighted by Gasteiger charge is -2.00. The maximum absolute atomic E-state index is 10.5. The highest BCUT2D eigenvalue weighted by Crippen LogP contribution is 2.22. The minimum atomic E-state index is -0.897. The van der Waals surface area contributed by atoms with Crippen LogP contribution in [0.5, 0.6) is 0 Å². The molecule has 0 spiro atoms. The highest BCUT2D eigenvalue weighted by Gasteiger charge is 2.01. The molecule has 0 saturated heterocycles. The fourth-order valence-electron chi connectivity index (χ4n) is 0.855. The molecule has 0 fully saturated rings. The minimum Gasteiger partial charge on any atom is -0.478 e. The largest absolute Gasteiger partial charge is 0.478 e. The van der Waals surface area contributed by atoms with Crippen LogP contribution in [0.15, 0.2) is 40.2 Å². The Hall–Kier alpha value is -0.740. The molecule has 14 heavy (non-hydrogen) atoms. The molecule has 0 radical (unpaired) electrons. The van der Waals surface area contributed by atoms with Gasteiger partial charge in [-0.1, -0.05) is 22.5 Å². The van der Waals surface area contributed by atoms with Crippen molar-refractivity contribution in [2.45, 2.75) is 4.90 Å². The van der Waals surface area contributed by atoms with Gasteiger partial charge in [-0.2, -0.15) is 0 Å². The normalized spacial score (nSPS) is 9.79. The maximum Gasteiger partial charge on any atom is 0.335 e. The van der Waals surface area contributed by atoms with Gasteiger partial charge in [0.05, 0.1) is 5.56 Å². The van der Waals surface area contributed by atoms with Crippen molar-refractivity contribution in [1.29, 1.82) is 0 Å². The summed E-state index contributed by atoms with van der Waals surface area (Å²) in [5.41, 5.74) is 0.312. The zero-order valence-electron chi connectivity index (χ0n) is 7.37. The zero-order valence-corrected chi connectivity index (χ0v) is 9.77. The third kappa shape index (κ3) is 3.55. The smallest absolute Gasteiger partial charge is 0.335 e. The summed E-state index contributed by atoms with van der Waals surface area (Å²) in [4.78, 5) is 11.6. The number of halogens is 1. The third-order valence-electron chi connectivity index (χ3n) is 1.50. The lowest BCUT2D eigenvalue weighted by Crippen LogP contribution is -1.94. The molecule has 74 valence electrons. The highest BCUT2D eigenvalue weighted by molar-refractivity contribution is 9.11. The molecule has 0 saturated carbocycles. The summed E-state index contributed by atoms with van der Waals surface area (Å²) in [6, 6.07) is 6.79. The van der Waals surface area contributed by atoms with Crippen LogP contribution < -0.4 is 0 Å². The lowest BCUT2D eigenvalue weighted by atomic mass is 10.2. The lowest BCUT2D eigenvalue weighted by molar-refractivity contribution is 0.0697. The summed E-state index contributed by atoms with van der Waals surface area (Å²) in [5.74, 6) is -0.113. The van der Waals surface area contributed by atoms with E-state index in [0.29, 0.717) is 5.56 Å². The first-order valence-corrected chi connectivity index (χ1v) is 5.67. The first-order chi connectivity index (χ1) is 6.59. The van der Waals surface area contributed by atoms with E-state index in [1.54, 1.807) is 36.0 Å². The van der Waals surface area contributed by atoms with Gasteiger partial charge in [-0.05, 0) is 28.7 Å². The second kappa shape index (κ2) is 5.22. The van der Waals surface area contributed by atoms with Crippen molar-refractivity contribution in [3.05, 3.63) is 40.9 Å². The van der Waals surface area contributed by atoms with Gasteiger partial charge in [-0.15, -0.1) is 11.8 Å². The molecular formula is C10H9BrO2S. The Bertz CT molecular complexity index is 346. The van der Waals surface area contributed by atoms with E-state index in [-0.39, 0.29) is 0 Å². The van der Waals surface area contributed by atoms with Gasteiger partial charge < -0.3 is 5.11 Å². The zero-order chi connectivity index (χ0) is 10.6. The van der Waals surface area contributed by atoms with Gasteiger partial charge in [-0.25, -0.2) is 4.79 Å². The van der Waals surface area contributed by atoms with Crippen molar-refractivity contribution in [1.82, 2.24) is 0 Å². The Morgan fingerprint density at radius 3 is 2.43 bits per heavy atom. The maximum atomic E-state index is 10.5. The molecule has 0 atom stereocenters. The van der Waals surface area contributed by atoms with Crippen molar-refractivity contribution in [3.8, 4) is 0 Å². The predicted octanol–water partition coefficient (Wildman–Crippen LogP) is 3.39. The molecule has 1 aromatic rings. The molecule has 0 aliphatic rings. The molecular weight excluding hydrogens is 264 g/mol. The van der Waals surface area contributed by atoms with E-state index >= 15 is 0 Å². The summed E-state index contributed by atoms with van der Waals surface area (Å²) >= 11 is 4.87. The second-order valence-corrected chi connectivity index (χ2v) is 4.81.